The molecule has 0 aliphatic heterocycles. The third kappa shape index (κ3) is 6.93. The Morgan fingerprint density at radius 3 is 2.56 bits per heavy atom. The molecule has 0 aliphatic carbocycles. The Kier molecular flexibility index (Phi) is 8.41. The normalized spacial score (nSPS) is 11.5. The lowest BCUT2D eigenvalue weighted by molar-refractivity contribution is -0.138. The predicted octanol–water partition coefficient (Wildman–Crippen LogP) is 5.12. The van der Waals surface area contributed by atoms with Crippen molar-refractivity contribution >= 4 is 51.7 Å². The summed E-state index contributed by atoms with van der Waals surface area (Å²) in [5.41, 5.74) is 2.37. The molecule has 1 atom stereocenters. The van der Waals surface area contributed by atoms with Crippen LogP contribution in [0.3, 0.4) is 0 Å². The van der Waals surface area contributed by atoms with Gasteiger partial charge in [0.25, 0.3) is 0 Å². The van der Waals surface area contributed by atoms with Gasteiger partial charge < -0.3 is 15.7 Å². The minimum absolute atomic E-state index is 0.0918. The van der Waals surface area contributed by atoms with E-state index in [-0.39, 0.29) is 29.9 Å². The molecule has 2 amide bonds. The Morgan fingerprint density at radius 2 is 1.84 bits per heavy atom. The fourth-order valence-electron chi connectivity index (χ4n) is 2.84. The van der Waals surface area contributed by atoms with Crippen LogP contribution in [0, 0.1) is 0 Å². The summed E-state index contributed by atoms with van der Waals surface area (Å²) in [6.07, 6.45) is 0.301. The number of benzene rings is 2. The summed E-state index contributed by atoms with van der Waals surface area (Å²) in [7, 11) is 0. The van der Waals surface area contributed by atoms with E-state index in [0.717, 1.165) is 16.2 Å². The molecule has 0 bridgehead atoms. The quantitative estimate of drug-likeness (QED) is 0.356. The lowest BCUT2D eigenvalue weighted by atomic mass is 10.2. The minimum atomic E-state index is -1.02. The monoisotopic (exact) mass is 469 g/mol. The molecule has 3 rings (SSSR count). The first-order valence-corrected chi connectivity index (χ1v) is 11.8. The second-order valence-corrected chi connectivity index (χ2v) is 9.01. The maximum absolute atomic E-state index is 12.8. The van der Waals surface area contributed by atoms with Gasteiger partial charge in [0.15, 0.2) is 5.13 Å². The first-order chi connectivity index (χ1) is 15.4. The van der Waals surface area contributed by atoms with Gasteiger partial charge in [-0.05, 0) is 24.6 Å². The molecule has 1 unspecified atom stereocenters. The van der Waals surface area contributed by atoms with Gasteiger partial charge in [0.2, 0.25) is 11.8 Å². The van der Waals surface area contributed by atoms with Gasteiger partial charge in [-0.2, -0.15) is 0 Å². The molecule has 0 fully saturated rings. The average Bonchev–Trinajstić information content (AvgIpc) is 3.25. The third-order valence-electron chi connectivity index (χ3n) is 4.43. The number of nitrogens with zero attached hydrogens (tertiary/aromatic N) is 1. The second-order valence-electron chi connectivity index (χ2n) is 6.88. The molecule has 0 spiro atoms. The van der Waals surface area contributed by atoms with Crippen LogP contribution in [0.2, 0.25) is 0 Å². The predicted molar refractivity (Wildman–Crippen MR) is 128 cm³/mol. The van der Waals surface area contributed by atoms with Crippen molar-refractivity contribution in [2.75, 3.05) is 10.6 Å². The van der Waals surface area contributed by atoms with Crippen LogP contribution in [0.4, 0.5) is 10.8 Å². The number of aromatic nitrogens is 1. The summed E-state index contributed by atoms with van der Waals surface area (Å²) in [6, 6.07) is 16.9. The van der Waals surface area contributed by atoms with Crippen LogP contribution in [-0.4, -0.2) is 33.1 Å². The van der Waals surface area contributed by atoms with Crippen molar-refractivity contribution in [3.8, 4) is 11.3 Å². The van der Waals surface area contributed by atoms with Crippen molar-refractivity contribution in [2.45, 2.75) is 36.3 Å². The number of rotatable bonds is 10. The van der Waals surface area contributed by atoms with E-state index in [0.29, 0.717) is 17.2 Å². The van der Waals surface area contributed by atoms with Gasteiger partial charge in [0, 0.05) is 27.9 Å². The summed E-state index contributed by atoms with van der Waals surface area (Å²) in [6.45, 7) is 1.94. The molecule has 0 saturated carbocycles. The van der Waals surface area contributed by atoms with Crippen molar-refractivity contribution in [3.63, 3.8) is 0 Å². The molecule has 166 valence electrons. The Hall–Kier alpha value is -3.17. The number of hydrogen-bond donors (Lipinski definition) is 3. The highest BCUT2D eigenvalue weighted by Gasteiger charge is 2.20. The number of thioether (sulfide) groups is 1. The van der Waals surface area contributed by atoms with Crippen LogP contribution in [-0.2, 0) is 14.4 Å². The number of carbonyl (C=O) groups is 3. The molecule has 0 aliphatic rings. The highest BCUT2D eigenvalue weighted by molar-refractivity contribution is 8.00. The molecule has 9 heteroatoms. The molecule has 1 heterocycles. The van der Waals surface area contributed by atoms with Gasteiger partial charge in [-0.25, -0.2) is 4.98 Å². The Bertz CT molecular complexity index is 1090. The molecule has 0 radical (unpaired) electrons. The van der Waals surface area contributed by atoms with E-state index in [1.54, 1.807) is 18.2 Å². The zero-order valence-electron chi connectivity index (χ0n) is 17.4. The summed E-state index contributed by atoms with van der Waals surface area (Å²) in [5, 5.41) is 16.4. The highest BCUT2D eigenvalue weighted by Crippen LogP contribution is 2.30. The summed E-state index contributed by atoms with van der Waals surface area (Å²) in [4.78, 5) is 40.6. The van der Waals surface area contributed by atoms with Crippen LogP contribution in [0.5, 0.6) is 0 Å². The summed E-state index contributed by atoms with van der Waals surface area (Å²) < 4.78 is 0. The average molecular weight is 470 g/mol. The number of thiazole rings is 1. The van der Waals surface area contributed by atoms with Crippen molar-refractivity contribution in [2.24, 2.45) is 0 Å². The van der Waals surface area contributed by atoms with Gasteiger partial charge in [-0.15, -0.1) is 23.1 Å². The van der Waals surface area contributed by atoms with Gasteiger partial charge in [-0.3, -0.25) is 14.4 Å². The Labute approximate surface area is 194 Å². The van der Waals surface area contributed by atoms with Crippen molar-refractivity contribution in [3.05, 3.63) is 60.0 Å². The molecular weight excluding hydrogens is 446 g/mol. The smallest absolute Gasteiger partial charge is 0.303 e. The van der Waals surface area contributed by atoms with E-state index >= 15 is 0 Å². The fraction of sp³-hybridized carbons (Fsp3) is 0.217. The molecular formula is C23H23N3O4S2. The molecule has 7 nitrogen and oxygen atoms in total. The number of aliphatic carboxylic acids is 1. The van der Waals surface area contributed by atoms with Crippen molar-refractivity contribution in [1.29, 1.82) is 0 Å². The van der Waals surface area contributed by atoms with E-state index in [9.17, 15) is 14.4 Å². The number of amides is 2. The maximum Gasteiger partial charge on any atom is 0.303 e. The van der Waals surface area contributed by atoms with Gasteiger partial charge in [0.05, 0.1) is 17.4 Å². The van der Waals surface area contributed by atoms with Gasteiger partial charge in [0.1, 0.15) is 0 Å². The van der Waals surface area contributed by atoms with Crippen LogP contribution in [0.15, 0.2) is 64.9 Å². The van der Waals surface area contributed by atoms with Crippen LogP contribution in [0.1, 0.15) is 26.2 Å². The lowest BCUT2D eigenvalue weighted by Gasteiger charge is -2.14. The Morgan fingerprint density at radius 1 is 1.06 bits per heavy atom. The number of nitrogens with one attached hydrogen (secondary N) is 2. The first kappa shape index (κ1) is 23.5. The van der Waals surface area contributed by atoms with Crippen molar-refractivity contribution < 1.29 is 19.5 Å². The van der Waals surface area contributed by atoms with E-state index in [1.165, 1.54) is 23.1 Å². The SMILES string of the molecule is CCC(Sc1cccc(NC(=O)CCC(=O)O)c1)C(=O)Nc1nc(-c2ccccc2)cs1. The van der Waals surface area contributed by atoms with Crippen LogP contribution in [0.25, 0.3) is 11.3 Å². The second kappa shape index (κ2) is 11.4. The molecule has 32 heavy (non-hydrogen) atoms. The maximum atomic E-state index is 12.8. The summed E-state index contributed by atoms with van der Waals surface area (Å²) in [5.74, 6) is -1.52. The zero-order valence-corrected chi connectivity index (χ0v) is 19.0. The van der Waals surface area contributed by atoms with Gasteiger partial charge >= 0.3 is 5.97 Å². The van der Waals surface area contributed by atoms with Crippen LogP contribution < -0.4 is 10.6 Å². The number of carboxylic acid groups (broad SMARTS) is 1. The third-order valence-corrected chi connectivity index (χ3v) is 6.54. The van der Waals surface area contributed by atoms with E-state index in [2.05, 4.69) is 15.6 Å². The summed E-state index contributed by atoms with van der Waals surface area (Å²) >= 11 is 2.78. The number of carbonyl (C=O) groups excluding carboxylic acids is 2. The zero-order chi connectivity index (χ0) is 22.9. The lowest BCUT2D eigenvalue weighted by Crippen LogP contribution is -2.24. The molecule has 0 saturated heterocycles. The number of carboxylic acids is 1. The van der Waals surface area contributed by atoms with E-state index in [1.807, 2.05) is 48.7 Å². The number of hydrogen-bond acceptors (Lipinski definition) is 6. The van der Waals surface area contributed by atoms with Gasteiger partial charge in [-0.1, -0.05) is 43.3 Å². The van der Waals surface area contributed by atoms with Crippen LogP contribution >= 0.6 is 23.1 Å². The molecule has 3 N–H and O–H groups in total. The first-order valence-electron chi connectivity index (χ1n) is 10.0. The molecule has 2 aromatic carbocycles. The fourth-order valence-corrected chi connectivity index (χ4v) is 4.57. The highest BCUT2D eigenvalue weighted by atomic mass is 32.2. The topological polar surface area (TPSA) is 108 Å². The largest absolute Gasteiger partial charge is 0.481 e. The molecule has 1 aromatic heterocycles. The Balaban J connectivity index is 1.60. The minimum Gasteiger partial charge on any atom is -0.481 e. The number of anilines is 2. The van der Waals surface area contributed by atoms with E-state index in [4.69, 9.17) is 5.11 Å². The van der Waals surface area contributed by atoms with Crippen molar-refractivity contribution in [1.82, 2.24) is 4.98 Å². The molecule has 3 aromatic rings. The standard InChI is InChI=1S/C23H23N3O4S2/c1-2-19(22(30)26-23-25-18(14-31-23)15-7-4-3-5-8-15)32-17-10-6-9-16(13-17)24-20(27)11-12-21(28)29/h3-10,13-14,19H,2,11-12H2,1H3,(H,24,27)(H,28,29)(H,25,26,30). The van der Waals surface area contributed by atoms with E-state index < -0.39 is 5.97 Å².